The number of aliphatic carboxylic acids is 1. The summed E-state index contributed by atoms with van der Waals surface area (Å²) in [6.07, 6.45) is 3.41. The van der Waals surface area contributed by atoms with E-state index in [-0.39, 0.29) is 47.3 Å². The normalized spacial score (nSPS) is 14.4. The molecule has 3 aromatic rings. The molecular formula is C27H32N6O7S. The maximum atomic E-state index is 13.4. The molecule has 1 fully saturated rings. The number of aliphatic hydroxyl groups is 1. The van der Waals surface area contributed by atoms with Crippen LogP contribution in [0, 0.1) is 0 Å². The number of carboxylic acid groups (broad SMARTS) is 1. The Morgan fingerprint density at radius 3 is 2.59 bits per heavy atom. The summed E-state index contributed by atoms with van der Waals surface area (Å²) in [4.78, 5) is 60.5. The van der Waals surface area contributed by atoms with Crippen LogP contribution in [0.25, 0.3) is 11.7 Å². The number of aromatic nitrogens is 3. The Balaban J connectivity index is 1.61. The van der Waals surface area contributed by atoms with Gasteiger partial charge in [-0.25, -0.2) is 19.6 Å². The van der Waals surface area contributed by atoms with Gasteiger partial charge in [-0.05, 0) is 18.2 Å². The number of hydrogen-bond acceptors (Lipinski definition) is 10. The van der Waals surface area contributed by atoms with Crippen molar-refractivity contribution in [2.24, 2.45) is 0 Å². The molecule has 4 rings (SSSR count). The van der Waals surface area contributed by atoms with Crippen LogP contribution in [0.15, 0.2) is 34.6 Å². The van der Waals surface area contributed by atoms with Crippen molar-refractivity contribution < 1.29 is 29.3 Å². The van der Waals surface area contributed by atoms with Crippen molar-refractivity contribution in [2.45, 2.75) is 45.1 Å². The third kappa shape index (κ3) is 7.27. The summed E-state index contributed by atoms with van der Waals surface area (Å²) >= 11 is 1.32. The van der Waals surface area contributed by atoms with Crippen molar-refractivity contribution in [1.82, 2.24) is 19.7 Å². The van der Waals surface area contributed by atoms with Crippen molar-refractivity contribution in [3.05, 3.63) is 57.0 Å². The Morgan fingerprint density at radius 1 is 1.22 bits per heavy atom. The minimum absolute atomic E-state index is 0.0830. The lowest BCUT2D eigenvalue weighted by Gasteiger charge is -2.33. The van der Waals surface area contributed by atoms with Crippen LogP contribution in [-0.4, -0.2) is 74.9 Å². The van der Waals surface area contributed by atoms with Gasteiger partial charge in [-0.2, -0.15) is 0 Å². The molecule has 0 spiro atoms. The number of carbonyl (C=O) groups excluding carboxylic acids is 2. The summed E-state index contributed by atoms with van der Waals surface area (Å²) in [5.74, 6) is -1.36. The third-order valence-electron chi connectivity index (χ3n) is 6.39. The topological polar surface area (TPSA) is 175 Å². The first-order valence-electron chi connectivity index (χ1n) is 13.0. The van der Waals surface area contributed by atoms with Gasteiger partial charge in [0.1, 0.15) is 17.6 Å². The first-order valence-corrected chi connectivity index (χ1v) is 13.9. The predicted molar refractivity (Wildman–Crippen MR) is 154 cm³/mol. The number of nitrogens with zero attached hydrogens (tertiary/aromatic N) is 4. The summed E-state index contributed by atoms with van der Waals surface area (Å²) in [7, 11) is 0. The number of aliphatic hydroxyl groups excluding tert-OH is 1. The van der Waals surface area contributed by atoms with Gasteiger partial charge in [0.25, 0.3) is 11.5 Å². The largest absolute Gasteiger partial charge is 0.478 e. The summed E-state index contributed by atoms with van der Waals surface area (Å²) in [5, 5.41) is 25.6. The Morgan fingerprint density at radius 2 is 1.95 bits per heavy atom. The predicted octanol–water partition coefficient (Wildman–Crippen LogP) is 2.49. The van der Waals surface area contributed by atoms with E-state index in [1.54, 1.807) is 0 Å². The number of amides is 2. The van der Waals surface area contributed by atoms with Crippen LogP contribution in [0.1, 0.15) is 55.2 Å². The second kappa shape index (κ2) is 12.5. The second-order valence-corrected chi connectivity index (χ2v) is 11.3. The molecule has 0 aromatic carbocycles. The van der Waals surface area contributed by atoms with Gasteiger partial charge in [-0.1, -0.05) is 20.8 Å². The lowest BCUT2D eigenvalue weighted by molar-refractivity contribution is -0.131. The van der Waals surface area contributed by atoms with Crippen molar-refractivity contribution in [1.29, 1.82) is 0 Å². The number of carbonyl (C=O) groups is 3. The molecule has 3 aromatic heterocycles. The first kappa shape index (κ1) is 29.7. The van der Waals surface area contributed by atoms with Crippen LogP contribution in [0.4, 0.5) is 15.7 Å². The molecule has 0 bridgehead atoms. The zero-order valence-corrected chi connectivity index (χ0v) is 23.7. The zero-order valence-electron chi connectivity index (χ0n) is 22.9. The van der Waals surface area contributed by atoms with E-state index in [9.17, 15) is 24.3 Å². The SMILES string of the molecule is CC(C)(C)c1csc(NC(=O)c2ccn3c(=O)c(C=CC(=O)O)c(N4CCC(OC(=O)NCCO)CC4)nc3c2)n1. The Kier molecular flexibility index (Phi) is 9.03. The van der Waals surface area contributed by atoms with Crippen molar-refractivity contribution in [2.75, 3.05) is 36.5 Å². The molecule has 0 atom stereocenters. The van der Waals surface area contributed by atoms with Crippen LogP contribution >= 0.6 is 11.3 Å². The molecule has 0 radical (unpaired) electrons. The molecule has 4 heterocycles. The average Bonchev–Trinajstić information content (AvgIpc) is 3.40. The molecule has 2 amide bonds. The number of ether oxygens (including phenoxy) is 1. The van der Waals surface area contributed by atoms with E-state index in [4.69, 9.17) is 9.84 Å². The number of carboxylic acids is 1. The number of pyridine rings is 1. The summed E-state index contributed by atoms with van der Waals surface area (Å²) in [6.45, 7) is 6.75. The van der Waals surface area contributed by atoms with Gasteiger partial charge in [0.2, 0.25) is 0 Å². The number of nitrogens with one attached hydrogen (secondary N) is 2. The molecule has 0 unspecified atom stereocenters. The van der Waals surface area contributed by atoms with E-state index in [2.05, 4.69) is 20.6 Å². The van der Waals surface area contributed by atoms with Gasteiger partial charge in [0.15, 0.2) is 5.13 Å². The molecule has 14 heteroatoms. The van der Waals surface area contributed by atoms with E-state index in [1.165, 1.54) is 40.1 Å². The summed E-state index contributed by atoms with van der Waals surface area (Å²) in [6, 6.07) is 2.98. The monoisotopic (exact) mass is 584 g/mol. The quantitative estimate of drug-likeness (QED) is 0.288. The van der Waals surface area contributed by atoms with Gasteiger partial charge in [-0.15, -0.1) is 11.3 Å². The zero-order chi connectivity index (χ0) is 29.7. The fourth-order valence-electron chi connectivity index (χ4n) is 4.20. The van der Waals surface area contributed by atoms with E-state index < -0.39 is 23.5 Å². The number of piperidine rings is 1. The molecule has 4 N–H and O–H groups in total. The highest BCUT2D eigenvalue weighted by molar-refractivity contribution is 7.14. The average molecular weight is 585 g/mol. The minimum Gasteiger partial charge on any atom is -0.478 e. The van der Waals surface area contributed by atoms with Gasteiger partial charge >= 0.3 is 12.1 Å². The number of thiazole rings is 1. The number of anilines is 2. The van der Waals surface area contributed by atoms with Crippen LogP contribution in [0.3, 0.4) is 0 Å². The van der Waals surface area contributed by atoms with Gasteiger partial charge in [0, 0.05) is 61.1 Å². The number of alkyl carbamates (subject to hydrolysis) is 1. The highest BCUT2D eigenvalue weighted by Gasteiger charge is 2.26. The maximum Gasteiger partial charge on any atom is 0.407 e. The van der Waals surface area contributed by atoms with Crippen LogP contribution < -0.4 is 21.1 Å². The maximum absolute atomic E-state index is 13.4. The molecular weight excluding hydrogens is 552 g/mol. The van der Waals surface area contributed by atoms with E-state index >= 15 is 0 Å². The second-order valence-electron chi connectivity index (χ2n) is 10.5. The molecule has 218 valence electrons. The minimum atomic E-state index is -1.22. The fraction of sp³-hybridized carbons (Fsp3) is 0.407. The van der Waals surface area contributed by atoms with E-state index in [1.807, 2.05) is 31.1 Å². The van der Waals surface area contributed by atoms with Crippen LogP contribution in [0.5, 0.6) is 0 Å². The van der Waals surface area contributed by atoms with Crippen molar-refractivity contribution >= 4 is 52.0 Å². The molecule has 1 saturated heterocycles. The lowest BCUT2D eigenvalue weighted by Crippen LogP contribution is -2.41. The van der Waals surface area contributed by atoms with Crippen molar-refractivity contribution in [3.8, 4) is 0 Å². The Hall–Kier alpha value is -4.30. The van der Waals surface area contributed by atoms with Gasteiger partial charge < -0.3 is 25.2 Å². The number of fused-ring (bicyclic) bond motifs is 1. The van der Waals surface area contributed by atoms with E-state index in [0.717, 1.165) is 11.8 Å². The molecule has 0 saturated carbocycles. The van der Waals surface area contributed by atoms with Crippen molar-refractivity contribution in [3.63, 3.8) is 0 Å². The Bertz CT molecular complexity index is 1530. The first-order chi connectivity index (χ1) is 19.5. The van der Waals surface area contributed by atoms with Gasteiger partial charge in [-0.3, -0.25) is 19.3 Å². The van der Waals surface area contributed by atoms with Gasteiger partial charge in [0.05, 0.1) is 17.9 Å². The molecule has 1 aliphatic rings. The number of rotatable bonds is 8. The highest BCUT2D eigenvalue weighted by Crippen LogP contribution is 2.27. The molecule has 1 aliphatic heterocycles. The molecule has 0 aliphatic carbocycles. The highest BCUT2D eigenvalue weighted by atomic mass is 32.1. The standard InChI is InChI=1S/C27H32N6O7S/c1-27(2,3)19-15-41-25(29-19)31-23(37)16-6-12-33-20(14-16)30-22(18(24(33)38)4-5-21(35)36)32-10-7-17(8-11-32)40-26(39)28-9-13-34/h4-6,12,14-15,17,34H,7-11,13H2,1-3H3,(H,28,39)(H,35,36)(H,29,31,37). The molecule has 13 nitrogen and oxygen atoms in total. The van der Waals surface area contributed by atoms with E-state index in [0.29, 0.717) is 31.1 Å². The third-order valence-corrected chi connectivity index (χ3v) is 7.15. The smallest absolute Gasteiger partial charge is 0.407 e. The van der Waals surface area contributed by atoms with Crippen LogP contribution in [-0.2, 0) is 14.9 Å². The van der Waals surface area contributed by atoms with Crippen LogP contribution in [0.2, 0.25) is 0 Å². The number of hydrogen-bond donors (Lipinski definition) is 4. The summed E-state index contributed by atoms with van der Waals surface area (Å²) < 4.78 is 6.63. The fourth-order valence-corrected chi connectivity index (χ4v) is 5.14. The molecule has 41 heavy (non-hydrogen) atoms. The summed E-state index contributed by atoms with van der Waals surface area (Å²) in [5.41, 5.74) is 0.761. The lowest BCUT2D eigenvalue weighted by atomic mass is 9.93. The Labute approximate surface area is 239 Å².